The fourth-order valence-electron chi connectivity index (χ4n) is 1.61. The van der Waals surface area contributed by atoms with Crippen molar-refractivity contribution in [3.63, 3.8) is 0 Å². The summed E-state index contributed by atoms with van der Waals surface area (Å²) in [6.45, 7) is 4.51. The molecule has 0 saturated carbocycles. The van der Waals surface area contributed by atoms with Crippen molar-refractivity contribution in [1.29, 1.82) is 0 Å². The molecule has 0 spiro atoms. The molecule has 0 unspecified atom stereocenters. The Bertz CT molecular complexity index is 339. The predicted molar refractivity (Wildman–Crippen MR) is 59.6 cm³/mol. The lowest BCUT2D eigenvalue weighted by Crippen LogP contribution is -2.25. The molecule has 1 aromatic rings. The Morgan fingerprint density at radius 2 is 1.88 bits per heavy atom. The third-order valence-corrected chi connectivity index (χ3v) is 2.66. The number of halogens is 1. The smallest absolute Gasteiger partial charge is 0.183 e. The van der Waals surface area contributed by atoms with E-state index in [0.29, 0.717) is 18.8 Å². The van der Waals surface area contributed by atoms with Crippen LogP contribution >= 0.6 is 0 Å². The minimum atomic E-state index is -0.439. The van der Waals surface area contributed by atoms with E-state index in [0.717, 1.165) is 5.56 Å². The highest BCUT2D eigenvalue weighted by molar-refractivity contribution is 5.23. The monoisotopic (exact) mass is 222 g/mol. The minimum Gasteiger partial charge on any atom is -0.348 e. The molecule has 2 rings (SSSR count). The molecule has 0 aromatic heterocycles. The number of hydrogen-bond donors (Lipinski definition) is 0. The van der Waals surface area contributed by atoms with Crippen LogP contribution in [0.5, 0.6) is 0 Å². The normalized spacial score (nSPS) is 25.3. The van der Waals surface area contributed by atoms with Crippen LogP contribution in [0.1, 0.15) is 17.4 Å². The molecule has 1 heterocycles. The second-order valence-electron chi connectivity index (χ2n) is 3.87. The molecule has 1 aliphatic heterocycles. The first-order chi connectivity index (χ1) is 7.83. The average molecular weight is 222 g/mol. The molecule has 1 aromatic carbocycles. The molecule has 0 bridgehead atoms. The van der Waals surface area contributed by atoms with Gasteiger partial charge < -0.3 is 9.47 Å². The second-order valence-corrected chi connectivity index (χ2v) is 3.87. The fourth-order valence-corrected chi connectivity index (χ4v) is 1.61. The quantitative estimate of drug-likeness (QED) is 0.732. The lowest BCUT2D eigenvalue weighted by atomic mass is 10.1. The Hall–Kier alpha value is -1.19. The molecule has 16 heavy (non-hydrogen) atoms. The van der Waals surface area contributed by atoms with E-state index < -0.39 is 6.67 Å². The average Bonchev–Trinajstić information content (AvgIpc) is 2.39. The molecule has 86 valence electrons. The molecule has 2 nitrogen and oxygen atoms in total. The van der Waals surface area contributed by atoms with Crippen LogP contribution in [0.25, 0.3) is 0 Å². The van der Waals surface area contributed by atoms with Crippen LogP contribution in [0.4, 0.5) is 4.39 Å². The molecule has 0 aliphatic carbocycles. The van der Waals surface area contributed by atoms with E-state index in [9.17, 15) is 4.39 Å². The van der Waals surface area contributed by atoms with Crippen LogP contribution in [-0.4, -0.2) is 13.2 Å². The summed E-state index contributed by atoms with van der Waals surface area (Å²) < 4.78 is 23.4. The van der Waals surface area contributed by atoms with Gasteiger partial charge in [-0.1, -0.05) is 30.3 Å². The lowest BCUT2D eigenvalue weighted by Gasteiger charge is -2.28. The van der Waals surface area contributed by atoms with Crippen LogP contribution < -0.4 is 0 Å². The molecule has 1 saturated heterocycles. The number of benzene rings is 1. The molecule has 0 amide bonds. The minimum absolute atomic E-state index is 0.265. The third kappa shape index (κ3) is 2.49. The van der Waals surface area contributed by atoms with Crippen LogP contribution in [-0.2, 0) is 16.1 Å². The Kier molecular flexibility index (Phi) is 3.70. The first kappa shape index (κ1) is 11.3. The summed E-state index contributed by atoms with van der Waals surface area (Å²) in [4.78, 5) is 0. The highest BCUT2D eigenvalue weighted by atomic mass is 19.1. The Morgan fingerprint density at radius 1 is 1.25 bits per heavy atom. The largest absolute Gasteiger partial charge is 0.348 e. The van der Waals surface area contributed by atoms with Gasteiger partial charge in [0, 0.05) is 11.5 Å². The Labute approximate surface area is 94.7 Å². The van der Waals surface area contributed by atoms with Gasteiger partial charge in [0.05, 0.1) is 13.2 Å². The van der Waals surface area contributed by atoms with Gasteiger partial charge >= 0.3 is 0 Å². The van der Waals surface area contributed by atoms with Gasteiger partial charge in [-0.05, 0) is 5.56 Å². The van der Waals surface area contributed by atoms with E-state index in [4.69, 9.17) is 9.47 Å². The van der Waals surface area contributed by atoms with Gasteiger partial charge in [-0.3, -0.25) is 0 Å². The SMILES string of the molecule is C=CC1COC(c2ccc(CF)cc2)OC1. The molecule has 0 atom stereocenters. The molecule has 3 heteroatoms. The van der Waals surface area contributed by atoms with Gasteiger partial charge in [0.25, 0.3) is 0 Å². The van der Waals surface area contributed by atoms with Gasteiger partial charge in [0.15, 0.2) is 6.29 Å². The first-order valence-electron chi connectivity index (χ1n) is 5.34. The standard InChI is InChI=1S/C13H15FO2/c1-2-10-8-15-13(16-9-10)12-5-3-11(7-14)4-6-12/h2-6,10,13H,1,7-9H2. The fraction of sp³-hybridized carbons (Fsp3) is 0.385. The Morgan fingerprint density at radius 3 is 2.38 bits per heavy atom. The lowest BCUT2D eigenvalue weighted by molar-refractivity contribution is -0.197. The molecule has 1 aliphatic rings. The van der Waals surface area contributed by atoms with E-state index in [-0.39, 0.29) is 12.2 Å². The summed E-state index contributed by atoms with van der Waals surface area (Å²) in [6, 6.07) is 7.19. The van der Waals surface area contributed by atoms with E-state index in [1.807, 2.05) is 18.2 Å². The zero-order valence-electron chi connectivity index (χ0n) is 9.06. The maximum Gasteiger partial charge on any atom is 0.183 e. The summed E-state index contributed by atoms with van der Waals surface area (Å²) >= 11 is 0. The summed E-state index contributed by atoms with van der Waals surface area (Å²) in [5, 5.41) is 0. The van der Waals surface area contributed by atoms with Crippen LogP contribution in [0, 0.1) is 5.92 Å². The zero-order chi connectivity index (χ0) is 11.4. The summed E-state index contributed by atoms with van der Waals surface area (Å²) in [5.41, 5.74) is 1.60. The van der Waals surface area contributed by atoms with Crippen LogP contribution in [0.15, 0.2) is 36.9 Å². The Balaban J connectivity index is 1.99. The van der Waals surface area contributed by atoms with Crippen molar-refractivity contribution in [2.24, 2.45) is 5.92 Å². The molecular formula is C13H15FO2. The van der Waals surface area contributed by atoms with Gasteiger partial charge in [-0.15, -0.1) is 6.58 Å². The topological polar surface area (TPSA) is 18.5 Å². The van der Waals surface area contributed by atoms with Crippen molar-refractivity contribution in [3.05, 3.63) is 48.0 Å². The number of ether oxygens (including phenoxy) is 2. The van der Waals surface area contributed by atoms with Gasteiger partial charge in [-0.25, -0.2) is 4.39 Å². The van der Waals surface area contributed by atoms with Crippen LogP contribution in [0.3, 0.4) is 0 Å². The molecular weight excluding hydrogens is 207 g/mol. The zero-order valence-corrected chi connectivity index (χ0v) is 9.06. The second kappa shape index (κ2) is 5.23. The van der Waals surface area contributed by atoms with E-state index in [1.165, 1.54) is 0 Å². The summed E-state index contributed by atoms with van der Waals surface area (Å²) in [5.74, 6) is 0.265. The predicted octanol–water partition coefficient (Wildman–Crippen LogP) is 3.00. The first-order valence-corrected chi connectivity index (χ1v) is 5.34. The molecule has 1 fully saturated rings. The highest BCUT2D eigenvalue weighted by Crippen LogP contribution is 2.25. The number of hydrogen-bond acceptors (Lipinski definition) is 2. The van der Waals surface area contributed by atoms with E-state index in [2.05, 4.69) is 6.58 Å². The van der Waals surface area contributed by atoms with Crippen molar-refractivity contribution in [3.8, 4) is 0 Å². The summed E-state index contributed by atoms with van der Waals surface area (Å²) in [6.07, 6.45) is 1.51. The van der Waals surface area contributed by atoms with Gasteiger partial charge in [0.2, 0.25) is 0 Å². The van der Waals surface area contributed by atoms with Crippen molar-refractivity contribution >= 4 is 0 Å². The highest BCUT2D eigenvalue weighted by Gasteiger charge is 2.21. The van der Waals surface area contributed by atoms with E-state index in [1.54, 1.807) is 12.1 Å². The maximum atomic E-state index is 12.3. The van der Waals surface area contributed by atoms with E-state index >= 15 is 0 Å². The number of alkyl halides is 1. The number of rotatable bonds is 3. The van der Waals surface area contributed by atoms with Gasteiger partial charge in [-0.2, -0.15) is 0 Å². The molecule has 0 N–H and O–H groups in total. The third-order valence-electron chi connectivity index (χ3n) is 2.66. The van der Waals surface area contributed by atoms with Crippen LogP contribution in [0.2, 0.25) is 0 Å². The molecule has 0 radical (unpaired) electrons. The summed E-state index contributed by atoms with van der Waals surface area (Å²) in [7, 11) is 0. The van der Waals surface area contributed by atoms with Crippen molar-refractivity contribution in [2.45, 2.75) is 13.0 Å². The van der Waals surface area contributed by atoms with Crippen molar-refractivity contribution < 1.29 is 13.9 Å². The van der Waals surface area contributed by atoms with Gasteiger partial charge in [0.1, 0.15) is 6.67 Å². The maximum absolute atomic E-state index is 12.3. The van der Waals surface area contributed by atoms with Crippen molar-refractivity contribution in [1.82, 2.24) is 0 Å². The van der Waals surface area contributed by atoms with Crippen molar-refractivity contribution in [2.75, 3.05) is 13.2 Å².